The van der Waals surface area contributed by atoms with Crippen LogP contribution in [0.5, 0.6) is 5.75 Å². The van der Waals surface area contributed by atoms with Gasteiger partial charge in [0.05, 0.1) is 23.0 Å². The van der Waals surface area contributed by atoms with E-state index in [9.17, 15) is 9.90 Å². The van der Waals surface area contributed by atoms with Crippen LogP contribution < -0.4 is 15.4 Å². The molecule has 38 heavy (non-hydrogen) atoms. The number of aliphatic imine (C=N–C) groups is 2. The number of aliphatic hydroxyl groups is 1. The van der Waals surface area contributed by atoms with Crippen molar-refractivity contribution in [3.05, 3.63) is 100 Å². The molecule has 0 fully saturated rings. The molecule has 1 aromatic rings. The molecular weight excluding hydrogens is 591 g/mol. The number of methoxy groups -OCH3 is 1. The van der Waals surface area contributed by atoms with Crippen LogP contribution in [0.25, 0.3) is 0 Å². The maximum atomic E-state index is 12.6. The number of carbonyl (C=O) groups is 1. The number of hydrogen-bond donors (Lipinski definition) is 3. The first kappa shape index (κ1) is 32.8. The van der Waals surface area contributed by atoms with Crippen LogP contribution in [0.4, 0.5) is 4.79 Å². The highest BCUT2D eigenvalue weighted by atomic mass is 127. The van der Waals surface area contributed by atoms with Gasteiger partial charge >= 0.3 is 6.03 Å². The van der Waals surface area contributed by atoms with Gasteiger partial charge in [-0.2, -0.15) is 0 Å². The summed E-state index contributed by atoms with van der Waals surface area (Å²) in [5.41, 5.74) is 3.01. The predicted octanol–water partition coefficient (Wildman–Crippen LogP) is 6.92. The molecule has 0 aliphatic rings. The molecule has 1 aromatic carbocycles. The van der Waals surface area contributed by atoms with Crippen molar-refractivity contribution in [2.45, 2.75) is 52.7 Å². The Hall–Kier alpha value is -3.24. The first-order chi connectivity index (χ1) is 18.2. The SMILES string of the molecule is C=C/C=C\C(=C/C)CCC[C@@H](C)NC(=O)NC(=C/C)/N=C(/N=C(\C=C)c1cccc(CO)c1OC)C(=C)I. The highest BCUT2D eigenvalue weighted by Crippen LogP contribution is 2.25. The number of benzene rings is 1. The van der Waals surface area contributed by atoms with Crippen LogP contribution in [0.2, 0.25) is 0 Å². The number of aliphatic hydroxyl groups excluding tert-OH is 1. The van der Waals surface area contributed by atoms with Gasteiger partial charge in [-0.05, 0) is 80.8 Å². The lowest BCUT2D eigenvalue weighted by Crippen LogP contribution is -2.40. The second kappa shape index (κ2) is 18.1. The van der Waals surface area contributed by atoms with Gasteiger partial charge in [-0.1, -0.05) is 61.7 Å². The van der Waals surface area contributed by atoms with Crippen molar-refractivity contribution in [2.75, 3.05) is 7.11 Å². The lowest BCUT2D eigenvalue weighted by molar-refractivity contribution is 0.239. The number of nitrogens with zero attached hydrogens (tertiary/aromatic N) is 2. The van der Waals surface area contributed by atoms with E-state index in [-0.39, 0.29) is 18.7 Å². The Balaban J connectivity index is 3.00. The number of para-hydroxylation sites is 1. The van der Waals surface area contributed by atoms with E-state index < -0.39 is 0 Å². The number of ether oxygens (including phenoxy) is 1. The van der Waals surface area contributed by atoms with Gasteiger partial charge in [-0.25, -0.2) is 14.8 Å². The number of amides is 2. The minimum atomic E-state index is -0.351. The van der Waals surface area contributed by atoms with E-state index in [1.807, 2.05) is 54.7 Å². The van der Waals surface area contributed by atoms with Gasteiger partial charge in [-0.3, -0.25) is 5.32 Å². The molecule has 8 heteroatoms. The molecule has 7 nitrogen and oxygen atoms in total. The summed E-state index contributed by atoms with van der Waals surface area (Å²) in [7, 11) is 1.53. The van der Waals surface area contributed by atoms with Crippen LogP contribution in [0.3, 0.4) is 0 Å². The van der Waals surface area contributed by atoms with Crippen LogP contribution >= 0.6 is 22.6 Å². The van der Waals surface area contributed by atoms with Crippen molar-refractivity contribution in [1.82, 2.24) is 10.6 Å². The number of carbonyl (C=O) groups excluding carboxylic acids is 1. The molecule has 0 bridgehead atoms. The van der Waals surface area contributed by atoms with E-state index >= 15 is 0 Å². The third-order valence-electron chi connectivity index (χ3n) is 5.45. The van der Waals surface area contributed by atoms with Crippen molar-refractivity contribution in [3.63, 3.8) is 0 Å². The molecule has 0 unspecified atom stereocenters. The van der Waals surface area contributed by atoms with Crippen LogP contribution in [0.15, 0.2) is 99.4 Å². The van der Waals surface area contributed by atoms with Gasteiger partial charge in [0.15, 0.2) is 5.84 Å². The summed E-state index contributed by atoms with van der Waals surface area (Å²) in [5, 5.41) is 15.4. The summed E-state index contributed by atoms with van der Waals surface area (Å²) in [6.45, 7) is 17.1. The van der Waals surface area contributed by atoms with Gasteiger partial charge in [-0.15, -0.1) is 0 Å². The number of rotatable bonds is 14. The molecule has 1 rings (SSSR count). The minimum absolute atomic E-state index is 0.0192. The molecule has 0 saturated heterocycles. The minimum Gasteiger partial charge on any atom is -0.496 e. The summed E-state index contributed by atoms with van der Waals surface area (Å²) in [6, 6.07) is 5.03. The maximum absolute atomic E-state index is 12.6. The maximum Gasteiger partial charge on any atom is 0.320 e. The Labute approximate surface area is 240 Å². The van der Waals surface area contributed by atoms with Gasteiger partial charge in [0, 0.05) is 17.2 Å². The number of hydrogen-bond acceptors (Lipinski definition) is 4. The lowest BCUT2D eigenvalue weighted by Gasteiger charge is -2.15. The Morgan fingerprint density at radius 2 is 1.97 bits per heavy atom. The molecule has 0 radical (unpaired) electrons. The number of nitrogens with one attached hydrogen (secondary N) is 2. The van der Waals surface area contributed by atoms with E-state index in [0.717, 1.165) is 19.3 Å². The topological polar surface area (TPSA) is 95.3 Å². The van der Waals surface area contributed by atoms with Crippen LogP contribution in [-0.4, -0.2) is 35.8 Å². The average molecular weight is 631 g/mol. The fourth-order valence-electron chi connectivity index (χ4n) is 3.48. The van der Waals surface area contributed by atoms with Crippen molar-refractivity contribution in [2.24, 2.45) is 9.98 Å². The van der Waals surface area contributed by atoms with Gasteiger partial charge in [0.1, 0.15) is 11.6 Å². The summed E-state index contributed by atoms with van der Waals surface area (Å²) >= 11 is 2.03. The van der Waals surface area contributed by atoms with E-state index in [4.69, 9.17) is 4.74 Å². The zero-order chi connectivity index (χ0) is 28.5. The second-order valence-electron chi connectivity index (χ2n) is 8.22. The predicted molar refractivity (Wildman–Crippen MR) is 168 cm³/mol. The molecule has 0 saturated carbocycles. The smallest absolute Gasteiger partial charge is 0.320 e. The Morgan fingerprint density at radius 3 is 2.53 bits per heavy atom. The van der Waals surface area contributed by atoms with Crippen LogP contribution in [0, 0.1) is 0 Å². The number of urea groups is 1. The van der Waals surface area contributed by atoms with E-state index in [1.165, 1.54) is 12.7 Å². The standard InChI is InChI=1S/C30H39IN4O3/c1-8-12-16-23(9-2)17-13-15-21(5)32-30(37)35-27(11-4)34-29(22(6)31)33-26(10-3)25-19-14-18-24(20-36)28(25)38-7/h8-12,14,16,18-19,21,36H,1,3,6,13,15,17,20H2,2,4-5,7H3,(H2,32,35,37)/b16-12-,23-9+,27-11+,33-26+,34-29+/t21-/m1/s1. The number of allylic oxidation sites excluding steroid dienone is 7. The summed E-state index contributed by atoms with van der Waals surface area (Å²) < 4.78 is 6.08. The molecule has 0 spiro atoms. The fourth-order valence-corrected chi connectivity index (χ4v) is 3.72. The Bertz CT molecular complexity index is 1150. The number of amidine groups is 1. The zero-order valence-electron chi connectivity index (χ0n) is 22.8. The highest BCUT2D eigenvalue weighted by Gasteiger charge is 2.14. The first-order valence-corrected chi connectivity index (χ1v) is 13.4. The quantitative estimate of drug-likeness (QED) is 0.0902. The highest BCUT2D eigenvalue weighted by molar-refractivity contribution is 14.1. The Kier molecular flexibility index (Phi) is 15.6. The van der Waals surface area contributed by atoms with Gasteiger partial charge < -0.3 is 15.2 Å². The van der Waals surface area contributed by atoms with Crippen LogP contribution in [0.1, 0.15) is 51.2 Å². The monoisotopic (exact) mass is 630 g/mol. The third kappa shape index (κ3) is 11.0. The van der Waals surface area contributed by atoms with Crippen molar-refractivity contribution in [3.8, 4) is 5.75 Å². The molecule has 3 N–H and O–H groups in total. The van der Waals surface area contributed by atoms with Crippen molar-refractivity contribution >= 4 is 40.2 Å². The molecule has 0 aliphatic carbocycles. The summed E-state index contributed by atoms with van der Waals surface area (Å²) in [6.07, 6.45) is 13.8. The molecular formula is C30H39IN4O3. The number of halogens is 1. The van der Waals surface area contributed by atoms with Crippen LogP contribution in [-0.2, 0) is 6.61 Å². The second-order valence-corrected chi connectivity index (χ2v) is 9.52. The average Bonchev–Trinajstić information content (AvgIpc) is 2.91. The lowest BCUT2D eigenvalue weighted by atomic mass is 10.0. The summed E-state index contributed by atoms with van der Waals surface area (Å²) in [4.78, 5) is 21.8. The largest absolute Gasteiger partial charge is 0.496 e. The van der Waals surface area contributed by atoms with Gasteiger partial charge in [0.2, 0.25) is 0 Å². The fraction of sp³-hybridized carbons (Fsp3) is 0.300. The summed E-state index contributed by atoms with van der Waals surface area (Å²) in [5.74, 6) is 1.14. The Morgan fingerprint density at radius 1 is 1.24 bits per heavy atom. The van der Waals surface area contributed by atoms with E-state index in [0.29, 0.717) is 37.8 Å². The van der Waals surface area contributed by atoms with Crippen molar-refractivity contribution < 1.29 is 14.6 Å². The molecule has 0 aromatic heterocycles. The van der Waals surface area contributed by atoms with Gasteiger partial charge in [0.25, 0.3) is 0 Å². The van der Waals surface area contributed by atoms with E-state index in [1.54, 1.807) is 37.3 Å². The first-order valence-electron chi connectivity index (χ1n) is 12.3. The molecule has 2 amide bonds. The molecule has 0 heterocycles. The zero-order valence-corrected chi connectivity index (χ0v) is 24.9. The molecule has 1 atom stereocenters. The normalized spacial score (nSPS) is 13.7. The molecule has 204 valence electrons. The van der Waals surface area contributed by atoms with E-state index in [2.05, 4.69) is 46.4 Å². The molecule has 0 aliphatic heterocycles. The third-order valence-corrected chi connectivity index (χ3v) is 5.93. The van der Waals surface area contributed by atoms with Crippen molar-refractivity contribution in [1.29, 1.82) is 0 Å².